The van der Waals surface area contributed by atoms with E-state index in [2.05, 4.69) is 0 Å². The molecule has 0 radical (unpaired) electrons. The molecule has 16 heavy (non-hydrogen) atoms. The van der Waals surface area contributed by atoms with E-state index in [1.807, 2.05) is 0 Å². The Morgan fingerprint density at radius 2 is 1.81 bits per heavy atom. The average molecular weight is 230 g/mol. The molecule has 2 nitrogen and oxygen atoms in total. The minimum Gasteiger partial charge on any atom is -0.508 e. The molecule has 1 unspecified atom stereocenters. The van der Waals surface area contributed by atoms with Gasteiger partial charge < -0.3 is 10.2 Å². The van der Waals surface area contributed by atoms with E-state index in [4.69, 9.17) is 6.42 Å². The molecule has 0 saturated carbocycles. The van der Waals surface area contributed by atoms with Gasteiger partial charge in [-0.1, -0.05) is 12.0 Å². The van der Waals surface area contributed by atoms with Gasteiger partial charge in [0.1, 0.15) is 5.75 Å². The predicted molar refractivity (Wildman–Crippen MR) is 51.6 cm³/mol. The number of benzene rings is 1. The topological polar surface area (TPSA) is 40.5 Å². The number of phenolic OH excluding ortho intramolecular Hbond substituents is 1. The highest BCUT2D eigenvalue weighted by molar-refractivity contribution is 5.40. The molecule has 0 bridgehead atoms. The summed E-state index contributed by atoms with van der Waals surface area (Å²) in [7, 11) is 0. The van der Waals surface area contributed by atoms with Crippen LogP contribution in [0.25, 0.3) is 0 Å². The Balaban J connectivity index is 3.41. The van der Waals surface area contributed by atoms with Crippen molar-refractivity contribution in [3.63, 3.8) is 0 Å². The smallest absolute Gasteiger partial charge is 0.433 e. The molecular formula is C11H9F3O2. The second-order valence-electron chi connectivity index (χ2n) is 3.41. The van der Waals surface area contributed by atoms with Gasteiger partial charge in [0, 0.05) is 5.56 Å². The number of rotatable bonds is 1. The van der Waals surface area contributed by atoms with Crippen molar-refractivity contribution in [3.8, 4) is 18.1 Å². The summed E-state index contributed by atoms with van der Waals surface area (Å²) in [5.74, 6) is 0.927. The maximum absolute atomic E-state index is 12.6. The van der Waals surface area contributed by atoms with Crippen molar-refractivity contribution in [3.05, 3.63) is 29.3 Å². The lowest BCUT2D eigenvalue weighted by atomic mass is 9.92. The standard InChI is InChI=1S/C11H9F3O2/c1-3-10(16,11(12,13)14)8-4-7(2)5-9(15)6-8/h1,4-6,15-16H,2H3. The Bertz CT molecular complexity index is 425. The summed E-state index contributed by atoms with van der Waals surface area (Å²) in [5.41, 5.74) is -3.58. The van der Waals surface area contributed by atoms with E-state index in [-0.39, 0.29) is 5.75 Å². The van der Waals surface area contributed by atoms with Crippen LogP contribution in [0.15, 0.2) is 18.2 Å². The summed E-state index contributed by atoms with van der Waals surface area (Å²) >= 11 is 0. The fourth-order valence-corrected chi connectivity index (χ4v) is 1.30. The summed E-state index contributed by atoms with van der Waals surface area (Å²) < 4.78 is 37.7. The quantitative estimate of drug-likeness (QED) is 0.725. The largest absolute Gasteiger partial charge is 0.508 e. The molecular weight excluding hydrogens is 221 g/mol. The number of halogens is 3. The molecule has 1 aromatic carbocycles. The molecule has 1 atom stereocenters. The minimum atomic E-state index is -5.00. The van der Waals surface area contributed by atoms with Crippen LogP contribution in [0.5, 0.6) is 5.75 Å². The highest BCUT2D eigenvalue weighted by atomic mass is 19.4. The number of phenols is 1. The van der Waals surface area contributed by atoms with Gasteiger partial charge in [0.15, 0.2) is 0 Å². The van der Waals surface area contributed by atoms with Crippen molar-refractivity contribution in [1.29, 1.82) is 0 Å². The second-order valence-corrected chi connectivity index (χ2v) is 3.41. The SMILES string of the molecule is C#CC(O)(c1cc(C)cc(O)c1)C(F)(F)F. The lowest BCUT2D eigenvalue weighted by molar-refractivity contribution is -0.240. The van der Waals surface area contributed by atoms with Crippen molar-refractivity contribution in [2.75, 3.05) is 0 Å². The van der Waals surface area contributed by atoms with Crippen LogP contribution in [0.4, 0.5) is 13.2 Å². The Morgan fingerprint density at radius 1 is 1.25 bits per heavy atom. The molecule has 0 saturated heterocycles. The van der Waals surface area contributed by atoms with Gasteiger partial charge in [-0.15, -0.1) is 6.42 Å². The van der Waals surface area contributed by atoms with E-state index in [1.165, 1.54) is 18.9 Å². The van der Waals surface area contributed by atoms with E-state index in [1.54, 1.807) is 0 Å². The van der Waals surface area contributed by atoms with Crippen molar-refractivity contribution in [2.24, 2.45) is 0 Å². The number of aromatic hydroxyl groups is 1. The third-order valence-electron chi connectivity index (χ3n) is 2.10. The summed E-state index contributed by atoms with van der Waals surface area (Å²) in [4.78, 5) is 0. The highest BCUT2D eigenvalue weighted by Crippen LogP contribution is 2.39. The van der Waals surface area contributed by atoms with Crippen LogP contribution in [-0.2, 0) is 5.60 Å². The Labute approximate surface area is 90.3 Å². The van der Waals surface area contributed by atoms with Crippen molar-refractivity contribution >= 4 is 0 Å². The zero-order valence-electron chi connectivity index (χ0n) is 8.34. The number of aliphatic hydroxyl groups is 1. The fraction of sp³-hybridized carbons (Fsp3) is 0.273. The van der Waals surface area contributed by atoms with Crippen LogP contribution < -0.4 is 0 Å². The normalized spacial score (nSPS) is 15.2. The number of alkyl halides is 3. The Kier molecular flexibility index (Phi) is 2.89. The zero-order valence-corrected chi connectivity index (χ0v) is 8.34. The van der Waals surface area contributed by atoms with E-state index < -0.39 is 17.3 Å². The van der Waals surface area contributed by atoms with E-state index in [0.29, 0.717) is 5.56 Å². The first-order valence-electron chi connectivity index (χ1n) is 4.28. The molecule has 0 spiro atoms. The zero-order chi connectivity index (χ0) is 12.6. The maximum atomic E-state index is 12.6. The van der Waals surface area contributed by atoms with Gasteiger partial charge in [0.05, 0.1) is 0 Å². The molecule has 0 aliphatic heterocycles. The average Bonchev–Trinajstić information content (AvgIpc) is 2.13. The minimum absolute atomic E-state index is 0.368. The van der Waals surface area contributed by atoms with Gasteiger partial charge in [-0.05, 0) is 24.6 Å². The Hall–Kier alpha value is -1.67. The van der Waals surface area contributed by atoms with Crippen molar-refractivity contribution in [1.82, 2.24) is 0 Å². The van der Waals surface area contributed by atoms with E-state index in [0.717, 1.165) is 12.1 Å². The highest BCUT2D eigenvalue weighted by Gasteiger charge is 2.54. The van der Waals surface area contributed by atoms with Crippen LogP contribution >= 0.6 is 0 Å². The van der Waals surface area contributed by atoms with E-state index in [9.17, 15) is 23.4 Å². The number of terminal acetylenes is 1. The summed E-state index contributed by atoms with van der Waals surface area (Å²) in [6.45, 7) is 1.48. The molecule has 0 aliphatic carbocycles. The molecule has 1 rings (SSSR count). The van der Waals surface area contributed by atoms with Crippen LogP contribution in [-0.4, -0.2) is 16.4 Å². The molecule has 0 aliphatic rings. The van der Waals surface area contributed by atoms with Gasteiger partial charge in [0.2, 0.25) is 5.60 Å². The second kappa shape index (κ2) is 3.72. The van der Waals surface area contributed by atoms with Gasteiger partial charge in [-0.3, -0.25) is 0 Å². The summed E-state index contributed by atoms with van der Waals surface area (Å²) in [5, 5.41) is 18.6. The number of hydrogen-bond acceptors (Lipinski definition) is 2. The first kappa shape index (κ1) is 12.4. The number of hydrogen-bond donors (Lipinski definition) is 2. The predicted octanol–water partition coefficient (Wildman–Crippen LogP) is 2.08. The van der Waals surface area contributed by atoms with Gasteiger partial charge >= 0.3 is 6.18 Å². The summed E-state index contributed by atoms with van der Waals surface area (Å²) in [6, 6.07) is 3.13. The van der Waals surface area contributed by atoms with Crippen molar-refractivity contribution in [2.45, 2.75) is 18.7 Å². The summed E-state index contributed by atoms with van der Waals surface area (Å²) in [6.07, 6.45) is -0.274. The molecule has 0 amide bonds. The molecule has 2 N–H and O–H groups in total. The van der Waals surface area contributed by atoms with Crippen LogP contribution in [0.2, 0.25) is 0 Å². The van der Waals surface area contributed by atoms with Gasteiger partial charge in [-0.2, -0.15) is 13.2 Å². The Morgan fingerprint density at radius 3 is 2.19 bits per heavy atom. The fourth-order valence-electron chi connectivity index (χ4n) is 1.30. The van der Waals surface area contributed by atoms with Crippen LogP contribution in [0, 0.1) is 19.3 Å². The third-order valence-corrected chi connectivity index (χ3v) is 2.10. The molecule has 0 fully saturated rings. The van der Waals surface area contributed by atoms with Gasteiger partial charge in [0.25, 0.3) is 0 Å². The van der Waals surface area contributed by atoms with Crippen molar-refractivity contribution < 1.29 is 23.4 Å². The third kappa shape index (κ3) is 1.97. The molecule has 5 heteroatoms. The molecule has 1 aromatic rings. The maximum Gasteiger partial charge on any atom is 0.433 e. The number of aryl methyl sites for hydroxylation is 1. The molecule has 0 aromatic heterocycles. The monoisotopic (exact) mass is 230 g/mol. The van der Waals surface area contributed by atoms with Gasteiger partial charge in [-0.25, -0.2) is 0 Å². The molecule has 0 heterocycles. The van der Waals surface area contributed by atoms with Crippen LogP contribution in [0.3, 0.4) is 0 Å². The first-order chi connectivity index (χ1) is 7.20. The molecule has 86 valence electrons. The lowest BCUT2D eigenvalue weighted by Crippen LogP contribution is -2.40. The van der Waals surface area contributed by atoms with E-state index >= 15 is 0 Å². The lowest BCUT2D eigenvalue weighted by Gasteiger charge is -2.25. The first-order valence-corrected chi connectivity index (χ1v) is 4.28. The van der Waals surface area contributed by atoms with Crippen LogP contribution in [0.1, 0.15) is 11.1 Å².